The zero-order valence-corrected chi connectivity index (χ0v) is 10.4. The maximum absolute atomic E-state index is 11.4. The molecule has 0 aliphatic carbocycles. The summed E-state index contributed by atoms with van der Waals surface area (Å²) in [6.07, 6.45) is 0.408. The molecule has 0 amide bonds. The van der Waals surface area contributed by atoms with E-state index < -0.39 is 6.04 Å². The maximum Gasteiger partial charge on any atom is 0.323 e. The second kappa shape index (κ2) is 7.25. The third kappa shape index (κ3) is 5.14. The molecule has 0 aliphatic rings. The molecular weight excluding hydrogens is 226 g/mol. The maximum atomic E-state index is 11.4. The highest BCUT2D eigenvalue weighted by atomic mass is 35.5. The summed E-state index contributed by atoms with van der Waals surface area (Å²) in [4.78, 5) is 11.4. The van der Waals surface area contributed by atoms with Gasteiger partial charge in [0, 0.05) is 0 Å². The van der Waals surface area contributed by atoms with Gasteiger partial charge in [0.05, 0.1) is 6.10 Å². The third-order valence-electron chi connectivity index (χ3n) is 1.95. The average molecular weight is 244 g/mol. The Morgan fingerprint density at radius 1 is 1.31 bits per heavy atom. The molecule has 90 valence electrons. The Morgan fingerprint density at radius 3 is 2.38 bits per heavy atom. The van der Waals surface area contributed by atoms with Gasteiger partial charge in [0.1, 0.15) is 6.04 Å². The Bertz CT molecular complexity index is 314. The average Bonchev–Trinajstić information content (AvgIpc) is 2.18. The molecule has 0 unspecified atom stereocenters. The van der Waals surface area contributed by atoms with Crippen LogP contribution in [0.2, 0.25) is 0 Å². The Kier molecular flexibility index (Phi) is 6.77. The van der Waals surface area contributed by atoms with Crippen LogP contribution in [0.1, 0.15) is 19.4 Å². The third-order valence-corrected chi connectivity index (χ3v) is 1.95. The van der Waals surface area contributed by atoms with Gasteiger partial charge in [0.25, 0.3) is 0 Å². The van der Waals surface area contributed by atoms with Gasteiger partial charge >= 0.3 is 5.97 Å². The fourth-order valence-corrected chi connectivity index (χ4v) is 1.27. The molecule has 16 heavy (non-hydrogen) atoms. The van der Waals surface area contributed by atoms with Gasteiger partial charge in [-0.15, -0.1) is 12.4 Å². The van der Waals surface area contributed by atoms with E-state index in [4.69, 9.17) is 10.5 Å². The molecule has 0 saturated carbocycles. The number of rotatable bonds is 4. The lowest BCUT2D eigenvalue weighted by molar-refractivity contribution is -0.148. The summed E-state index contributed by atoms with van der Waals surface area (Å²) in [5.41, 5.74) is 6.77. The van der Waals surface area contributed by atoms with Gasteiger partial charge in [-0.1, -0.05) is 30.3 Å². The number of ether oxygens (including phenoxy) is 1. The van der Waals surface area contributed by atoms with Gasteiger partial charge in [-0.3, -0.25) is 4.79 Å². The summed E-state index contributed by atoms with van der Waals surface area (Å²) >= 11 is 0. The van der Waals surface area contributed by atoms with E-state index in [1.807, 2.05) is 44.2 Å². The lowest BCUT2D eigenvalue weighted by Crippen LogP contribution is -2.35. The van der Waals surface area contributed by atoms with Crippen molar-refractivity contribution in [2.75, 3.05) is 0 Å². The lowest BCUT2D eigenvalue weighted by Gasteiger charge is -2.13. The Morgan fingerprint density at radius 2 is 1.88 bits per heavy atom. The van der Waals surface area contributed by atoms with E-state index in [-0.39, 0.29) is 24.5 Å². The Hall–Kier alpha value is -1.06. The van der Waals surface area contributed by atoms with Gasteiger partial charge in [-0.05, 0) is 25.8 Å². The highest BCUT2D eigenvalue weighted by Gasteiger charge is 2.16. The molecule has 0 heterocycles. The van der Waals surface area contributed by atoms with Crippen LogP contribution in [0.25, 0.3) is 0 Å². The van der Waals surface area contributed by atoms with E-state index >= 15 is 0 Å². The van der Waals surface area contributed by atoms with E-state index in [0.29, 0.717) is 6.42 Å². The number of esters is 1. The number of hydrogen-bond donors (Lipinski definition) is 1. The summed E-state index contributed by atoms with van der Waals surface area (Å²) in [6, 6.07) is 9.10. The van der Waals surface area contributed by atoms with E-state index in [9.17, 15) is 4.79 Å². The number of carbonyl (C=O) groups is 1. The van der Waals surface area contributed by atoms with Crippen LogP contribution < -0.4 is 5.73 Å². The predicted molar refractivity (Wildman–Crippen MR) is 66.6 cm³/mol. The first-order valence-corrected chi connectivity index (χ1v) is 5.09. The minimum Gasteiger partial charge on any atom is -0.462 e. The molecule has 1 atom stereocenters. The topological polar surface area (TPSA) is 52.3 Å². The van der Waals surface area contributed by atoms with Crippen molar-refractivity contribution in [3.63, 3.8) is 0 Å². The van der Waals surface area contributed by atoms with E-state index in [0.717, 1.165) is 5.56 Å². The number of nitrogens with two attached hydrogens (primary N) is 1. The van der Waals surface area contributed by atoms with Crippen LogP contribution in [0.3, 0.4) is 0 Å². The molecule has 0 saturated heterocycles. The molecule has 0 aliphatic heterocycles. The Labute approximate surface area is 102 Å². The van der Waals surface area contributed by atoms with Crippen LogP contribution in [0.4, 0.5) is 0 Å². The second-order valence-electron chi connectivity index (χ2n) is 3.78. The largest absolute Gasteiger partial charge is 0.462 e. The monoisotopic (exact) mass is 243 g/mol. The molecule has 0 radical (unpaired) electrons. The van der Waals surface area contributed by atoms with Gasteiger partial charge in [-0.2, -0.15) is 0 Å². The van der Waals surface area contributed by atoms with E-state index in [2.05, 4.69) is 0 Å². The number of benzene rings is 1. The molecule has 0 spiro atoms. The van der Waals surface area contributed by atoms with Crippen molar-refractivity contribution in [2.24, 2.45) is 5.73 Å². The van der Waals surface area contributed by atoms with Crippen molar-refractivity contribution in [1.82, 2.24) is 0 Å². The Balaban J connectivity index is 0.00000225. The van der Waals surface area contributed by atoms with E-state index in [1.54, 1.807) is 0 Å². The van der Waals surface area contributed by atoms with Crippen molar-refractivity contribution in [2.45, 2.75) is 32.4 Å². The molecule has 4 heteroatoms. The summed E-state index contributed by atoms with van der Waals surface area (Å²) in [7, 11) is 0. The van der Waals surface area contributed by atoms with Gasteiger partial charge in [-0.25, -0.2) is 0 Å². The number of carbonyl (C=O) groups excluding carboxylic acids is 1. The van der Waals surface area contributed by atoms with Crippen LogP contribution in [-0.2, 0) is 16.0 Å². The van der Waals surface area contributed by atoms with Crippen molar-refractivity contribution < 1.29 is 9.53 Å². The minimum absolute atomic E-state index is 0. The molecule has 3 nitrogen and oxygen atoms in total. The zero-order chi connectivity index (χ0) is 11.3. The fourth-order valence-electron chi connectivity index (χ4n) is 1.27. The van der Waals surface area contributed by atoms with Crippen LogP contribution in [0, 0.1) is 0 Å². The van der Waals surface area contributed by atoms with Gasteiger partial charge in [0.2, 0.25) is 0 Å². The summed E-state index contributed by atoms with van der Waals surface area (Å²) in [6.45, 7) is 3.63. The first kappa shape index (κ1) is 14.9. The second-order valence-corrected chi connectivity index (χ2v) is 3.78. The fraction of sp³-hybridized carbons (Fsp3) is 0.417. The molecule has 1 aromatic rings. The highest BCUT2D eigenvalue weighted by molar-refractivity contribution is 5.85. The minimum atomic E-state index is -0.574. The van der Waals surface area contributed by atoms with Gasteiger partial charge in [0.15, 0.2) is 0 Å². The van der Waals surface area contributed by atoms with Crippen LogP contribution in [0.15, 0.2) is 30.3 Å². The molecular formula is C12H18ClNO2. The molecule has 0 fully saturated rings. The van der Waals surface area contributed by atoms with Crippen LogP contribution in [0.5, 0.6) is 0 Å². The smallest absolute Gasteiger partial charge is 0.323 e. The van der Waals surface area contributed by atoms with Gasteiger partial charge < -0.3 is 10.5 Å². The molecule has 0 aromatic heterocycles. The molecule has 2 N–H and O–H groups in total. The number of hydrogen-bond acceptors (Lipinski definition) is 3. The molecule has 0 bridgehead atoms. The zero-order valence-electron chi connectivity index (χ0n) is 9.55. The summed E-state index contributed by atoms with van der Waals surface area (Å²) in [5.74, 6) is -0.339. The number of halogens is 1. The lowest BCUT2D eigenvalue weighted by atomic mass is 10.1. The molecule has 1 rings (SSSR count). The van der Waals surface area contributed by atoms with Crippen molar-refractivity contribution in [3.8, 4) is 0 Å². The highest BCUT2D eigenvalue weighted by Crippen LogP contribution is 2.03. The quantitative estimate of drug-likeness (QED) is 0.823. The van der Waals surface area contributed by atoms with Crippen LogP contribution in [-0.4, -0.2) is 18.1 Å². The summed E-state index contributed by atoms with van der Waals surface area (Å²) in [5, 5.41) is 0. The van der Waals surface area contributed by atoms with Crippen molar-refractivity contribution >= 4 is 18.4 Å². The first-order chi connectivity index (χ1) is 7.09. The van der Waals surface area contributed by atoms with E-state index in [1.165, 1.54) is 0 Å². The SMILES string of the molecule is CC(C)OC(=O)[C@H](N)Cc1ccccc1.Cl. The van der Waals surface area contributed by atoms with Crippen molar-refractivity contribution in [1.29, 1.82) is 0 Å². The first-order valence-electron chi connectivity index (χ1n) is 5.09. The predicted octanol–water partition coefficient (Wildman–Crippen LogP) is 1.93. The standard InChI is InChI=1S/C12H17NO2.ClH/c1-9(2)15-12(14)11(13)8-10-6-4-3-5-7-10;/h3-7,9,11H,8,13H2,1-2H3;1H/t11-;/m1./s1. The van der Waals surface area contributed by atoms with Crippen molar-refractivity contribution in [3.05, 3.63) is 35.9 Å². The normalized spacial score (nSPS) is 11.8. The van der Waals surface area contributed by atoms with Crippen LogP contribution >= 0.6 is 12.4 Å². The molecule has 1 aromatic carbocycles. The summed E-state index contributed by atoms with van der Waals surface area (Å²) < 4.78 is 5.02.